The van der Waals surface area contributed by atoms with Crippen LogP contribution in [-0.4, -0.2) is 150 Å². The molecular formula is C22H45ClO11. The molecule has 0 aromatic rings. The Morgan fingerprint density at radius 2 is 0.471 bits per heavy atom. The molecular weight excluding hydrogens is 476 g/mol. The van der Waals surface area contributed by atoms with E-state index in [-0.39, 0.29) is 6.61 Å². The topological polar surface area (TPSA) is 113 Å². The first-order chi connectivity index (χ1) is 16.9. The van der Waals surface area contributed by atoms with Crippen molar-refractivity contribution >= 4 is 11.6 Å². The van der Waals surface area contributed by atoms with Crippen LogP contribution < -0.4 is 0 Å². The molecule has 0 unspecified atom stereocenters. The first kappa shape index (κ1) is 33.8. The van der Waals surface area contributed by atoms with Crippen LogP contribution >= 0.6 is 11.6 Å². The van der Waals surface area contributed by atoms with Gasteiger partial charge in [0.2, 0.25) is 0 Å². The van der Waals surface area contributed by atoms with Crippen molar-refractivity contribution in [1.82, 2.24) is 0 Å². The summed E-state index contributed by atoms with van der Waals surface area (Å²) in [6.45, 7) is 10.2. The van der Waals surface area contributed by atoms with Crippen LogP contribution in [0.4, 0.5) is 0 Å². The van der Waals surface area contributed by atoms with Crippen molar-refractivity contribution in [2.75, 3.05) is 145 Å². The van der Waals surface area contributed by atoms with Crippen molar-refractivity contribution in [1.29, 1.82) is 0 Å². The van der Waals surface area contributed by atoms with E-state index in [2.05, 4.69) is 0 Å². The minimum absolute atomic E-state index is 0.0282. The summed E-state index contributed by atoms with van der Waals surface area (Å²) in [4.78, 5) is 0. The quantitative estimate of drug-likeness (QED) is 0.101. The van der Waals surface area contributed by atoms with E-state index >= 15 is 0 Å². The van der Waals surface area contributed by atoms with Crippen molar-refractivity contribution in [3.05, 3.63) is 0 Å². The van der Waals surface area contributed by atoms with Crippen molar-refractivity contribution in [3.8, 4) is 0 Å². The van der Waals surface area contributed by atoms with Gasteiger partial charge in [0.15, 0.2) is 0 Å². The Hall–Kier alpha value is -0.150. The highest BCUT2D eigenvalue weighted by Crippen LogP contribution is 1.86. The largest absolute Gasteiger partial charge is 0.394 e. The first-order valence-electron chi connectivity index (χ1n) is 11.9. The highest BCUT2D eigenvalue weighted by atomic mass is 35.5. The van der Waals surface area contributed by atoms with Gasteiger partial charge in [-0.15, -0.1) is 11.6 Å². The Morgan fingerprint density at radius 1 is 0.294 bits per heavy atom. The fourth-order valence-electron chi connectivity index (χ4n) is 2.20. The van der Waals surface area contributed by atoms with Gasteiger partial charge in [0.25, 0.3) is 0 Å². The van der Waals surface area contributed by atoms with Crippen molar-refractivity contribution in [2.24, 2.45) is 0 Å². The number of rotatable bonds is 31. The fourth-order valence-corrected chi connectivity index (χ4v) is 2.31. The second kappa shape index (κ2) is 32.8. The molecule has 12 heteroatoms. The lowest BCUT2D eigenvalue weighted by Gasteiger charge is -2.09. The van der Waals surface area contributed by atoms with E-state index in [1.54, 1.807) is 0 Å². The van der Waals surface area contributed by atoms with Gasteiger partial charge in [-0.05, 0) is 0 Å². The molecule has 0 heterocycles. The van der Waals surface area contributed by atoms with E-state index in [9.17, 15) is 0 Å². The summed E-state index contributed by atoms with van der Waals surface area (Å²) >= 11 is 5.49. The molecule has 0 rings (SSSR count). The van der Waals surface area contributed by atoms with Gasteiger partial charge in [0.1, 0.15) is 0 Å². The number of hydrogen-bond acceptors (Lipinski definition) is 11. The van der Waals surface area contributed by atoms with E-state index < -0.39 is 0 Å². The van der Waals surface area contributed by atoms with Gasteiger partial charge >= 0.3 is 0 Å². The molecule has 206 valence electrons. The number of ether oxygens (including phenoxy) is 10. The summed E-state index contributed by atoms with van der Waals surface area (Å²) in [5.74, 6) is 0.499. The number of halogens is 1. The van der Waals surface area contributed by atoms with Gasteiger partial charge in [-0.1, -0.05) is 0 Å². The number of aliphatic hydroxyl groups excluding tert-OH is 1. The van der Waals surface area contributed by atoms with Gasteiger partial charge in [-0.3, -0.25) is 0 Å². The molecule has 0 saturated carbocycles. The molecule has 0 aliphatic rings. The average Bonchev–Trinajstić information content (AvgIpc) is 2.85. The Balaban J connectivity index is 2.99. The van der Waals surface area contributed by atoms with E-state index in [4.69, 9.17) is 64.1 Å². The Kier molecular flexibility index (Phi) is 32.7. The van der Waals surface area contributed by atoms with E-state index in [1.165, 1.54) is 0 Å². The molecule has 0 aliphatic carbocycles. The lowest BCUT2D eigenvalue weighted by atomic mass is 10.6. The standard InChI is InChI=1S/C22H45ClO11/c23-1-3-25-5-7-27-9-11-29-13-15-31-17-19-33-21-22-34-20-18-32-16-14-30-12-10-28-8-6-26-4-2-24/h24H,1-22H2. The SMILES string of the molecule is OCCOCCOCCOCCOCCOCCOCCOCCOCCOCCOCCCl. The third-order valence-corrected chi connectivity index (χ3v) is 3.96. The molecule has 0 bridgehead atoms. The summed E-state index contributed by atoms with van der Waals surface area (Å²) < 4.78 is 53.4. The third-order valence-electron chi connectivity index (χ3n) is 3.81. The molecule has 34 heavy (non-hydrogen) atoms. The third kappa shape index (κ3) is 31.9. The number of aliphatic hydroxyl groups is 1. The van der Waals surface area contributed by atoms with Gasteiger partial charge in [0, 0.05) is 5.88 Å². The number of alkyl halides is 1. The maximum atomic E-state index is 8.55. The van der Waals surface area contributed by atoms with Crippen LogP contribution in [0.1, 0.15) is 0 Å². The minimum Gasteiger partial charge on any atom is -0.394 e. The van der Waals surface area contributed by atoms with Crippen molar-refractivity contribution in [2.45, 2.75) is 0 Å². The highest BCUT2D eigenvalue weighted by molar-refractivity contribution is 6.17. The summed E-state index contributed by atoms with van der Waals surface area (Å²) in [5, 5.41) is 8.55. The summed E-state index contributed by atoms with van der Waals surface area (Å²) in [5.41, 5.74) is 0. The van der Waals surface area contributed by atoms with Crippen LogP contribution in [0.2, 0.25) is 0 Å². The monoisotopic (exact) mass is 520 g/mol. The van der Waals surface area contributed by atoms with Crippen LogP contribution in [0.3, 0.4) is 0 Å². The molecule has 0 aliphatic heterocycles. The van der Waals surface area contributed by atoms with Gasteiger partial charge in [-0.25, -0.2) is 0 Å². The van der Waals surface area contributed by atoms with Crippen LogP contribution in [0.15, 0.2) is 0 Å². The van der Waals surface area contributed by atoms with E-state index in [0.717, 1.165) is 0 Å². The fraction of sp³-hybridized carbons (Fsp3) is 1.00. The maximum Gasteiger partial charge on any atom is 0.0701 e. The second-order valence-corrected chi connectivity index (χ2v) is 6.91. The molecule has 0 amide bonds. The minimum atomic E-state index is 0.0282. The van der Waals surface area contributed by atoms with Gasteiger partial charge < -0.3 is 52.5 Å². The molecule has 0 aromatic carbocycles. The molecule has 1 N–H and O–H groups in total. The predicted octanol–water partition coefficient (Wildman–Crippen LogP) is 0.384. The predicted molar refractivity (Wildman–Crippen MR) is 126 cm³/mol. The zero-order valence-electron chi connectivity index (χ0n) is 20.5. The van der Waals surface area contributed by atoms with Crippen molar-refractivity contribution in [3.63, 3.8) is 0 Å². The van der Waals surface area contributed by atoms with E-state index in [1.807, 2.05) is 0 Å². The summed E-state index contributed by atoms with van der Waals surface area (Å²) in [6, 6.07) is 0. The van der Waals surface area contributed by atoms with E-state index in [0.29, 0.717) is 138 Å². The normalized spacial score (nSPS) is 11.5. The van der Waals surface area contributed by atoms with Crippen LogP contribution in [-0.2, 0) is 47.4 Å². The molecule has 0 aromatic heterocycles. The molecule has 0 spiro atoms. The smallest absolute Gasteiger partial charge is 0.0701 e. The average molecular weight is 521 g/mol. The molecule has 0 saturated heterocycles. The molecule has 0 radical (unpaired) electrons. The maximum absolute atomic E-state index is 8.55. The summed E-state index contributed by atoms with van der Waals surface area (Å²) in [6.07, 6.45) is 0. The van der Waals surface area contributed by atoms with Gasteiger partial charge in [0.05, 0.1) is 139 Å². The highest BCUT2D eigenvalue weighted by Gasteiger charge is 1.95. The Morgan fingerprint density at radius 3 is 0.647 bits per heavy atom. The Labute approximate surface area is 209 Å². The molecule has 11 nitrogen and oxygen atoms in total. The second-order valence-electron chi connectivity index (χ2n) is 6.54. The zero-order valence-corrected chi connectivity index (χ0v) is 21.2. The number of hydrogen-bond donors (Lipinski definition) is 1. The lowest BCUT2D eigenvalue weighted by Crippen LogP contribution is -2.15. The first-order valence-corrected chi connectivity index (χ1v) is 12.4. The lowest BCUT2D eigenvalue weighted by molar-refractivity contribution is -0.0266. The molecule has 0 atom stereocenters. The van der Waals surface area contributed by atoms with Crippen molar-refractivity contribution < 1.29 is 52.5 Å². The van der Waals surface area contributed by atoms with Crippen LogP contribution in [0.25, 0.3) is 0 Å². The van der Waals surface area contributed by atoms with Crippen LogP contribution in [0.5, 0.6) is 0 Å². The summed E-state index contributed by atoms with van der Waals surface area (Å²) in [7, 11) is 0. The van der Waals surface area contributed by atoms with Crippen LogP contribution in [0, 0.1) is 0 Å². The molecule has 0 fully saturated rings. The Bertz CT molecular complexity index is 325. The van der Waals surface area contributed by atoms with Gasteiger partial charge in [-0.2, -0.15) is 0 Å². The zero-order chi connectivity index (χ0) is 24.6.